The molecule has 0 aliphatic heterocycles. The molecule has 6 heteroatoms. The molecule has 0 aliphatic rings. The summed E-state index contributed by atoms with van der Waals surface area (Å²) < 4.78 is 5.51. The van der Waals surface area contributed by atoms with Crippen molar-refractivity contribution >= 4 is 23.5 Å². The fourth-order valence-corrected chi connectivity index (χ4v) is 2.18. The number of carbonyl (C=O) groups excluding carboxylic acids is 1. The van der Waals surface area contributed by atoms with Crippen molar-refractivity contribution < 1.29 is 19.4 Å². The Morgan fingerprint density at radius 1 is 1.12 bits per heavy atom. The number of carboxylic acid groups (broad SMARTS) is 1. The maximum Gasteiger partial charge on any atom is 0.335 e. The summed E-state index contributed by atoms with van der Waals surface area (Å²) >= 11 is 5.79. The highest BCUT2D eigenvalue weighted by molar-refractivity contribution is 6.30. The van der Waals surface area contributed by atoms with Crippen molar-refractivity contribution in [2.75, 3.05) is 6.61 Å². The summed E-state index contributed by atoms with van der Waals surface area (Å²) in [6.07, 6.45) is 0.926. The van der Waals surface area contributed by atoms with E-state index < -0.39 is 5.97 Å². The first-order valence-corrected chi connectivity index (χ1v) is 7.89. The van der Waals surface area contributed by atoms with E-state index in [0.717, 1.165) is 5.56 Å². The van der Waals surface area contributed by atoms with Crippen LogP contribution in [0.2, 0.25) is 5.02 Å². The molecule has 2 aromatic carbocycles. The molecule has 0 fully saturated rings. The van der Waals surface area contributed by atoms with Crippen LogP contribution in [-0.4, -0.2) is 23.6 Å². The van der Waals surface area contributed by atoms with Gasteiger partial charge in [0.2, 0.25) is 5.91 Å². The van der Waals surface area contributed by atoms with Gasteiger partial charge in [-0.05, 0) is 48.4 Å². The van der Waals surface area contributed by atoms with E-state index in [9.17, 15) is 9.59 Å². The smallest absolute Gasteiger partial charge is 0.335 e. The third-order valence-corrected chi connectivity index (χ3v) is 3.55. The molecule has 0 radical (unpaired) electrons. The number of carboxylic acids is 1. The normalized spacial score (nSPS) is 10.2. The molecule has 0 saturated heterocycles. The average molecular weight is 348 g/mol. The largest absolute Gasteiger partial charge is 0.494 e. The van der Waals surface area contributed by atoms with E-state index >= 15 is 0 Å². The summed E-state index contributed by atoms with van der Waals surface area (Å²) in [5.41, 5.74) is 0.957. The SMILES string of the molecule is O=C(CCCOc1ccc(Cl)cc1)NCc1cccc(C(=O)O)c1. The molecule has 0 atom stereocenters. The first-order chi connectivity index (χ1) is 11.5. The standard InChI is InChI=1S/C18H18ClNO4/c19-15-6-8-16(9-7-15)24-10-2-5-17(21)20-12-13-3-1-4-14(11-13)18(22)23/h1,3-4,6-9,11H,2,5,10,12H2,(H,20,21)(H,22,23). The molecular weight excluding hydrogens is 330 g/mol. The average Bonchev–Trinajstić information content (AvgIpc) is 2.58. The minimum absolute atomic E-state index is 0.101. The maximum absolute atomic E-state index is 11.8. The second-order valence-corrected chi connectivity index (χ2v) is 5.62. The number of nitrogens with one attached hydrogen (secondary N) is 1. The Morgan fingerprint density at radius 3 is 2.58 bits per heavy atom. The molecular formula is C18H18ClNO4. The molecule has 0 saturated carbocycles. The van der Waals surface area contributed by atoms with Crippen LogP contribution in [0, 0.1) is 0 Å². The van der Waals surface area contributed by atoms with Crippen LogP contribution >= 0.6 is 11.6 Å². The molecule has 5 nitrogen and oxygen atoms in total. The van der Waals surface area contributed by atoms with Crippen LogP contribution in [0.25, 0.3) is 0 Å². The van der Waals surface area contributed by atoms with Gasteiger partial charge in [0.05, 0.1) is 12.2 Å². The first kappa shape index (κ1) is 17.8. The van der Waals surface area contributed by atoms with Gasteiger partial charge < -0.3 is 15.2 Å². The number of rotatable bonds is 8. The number of amides is 1. The van der Waals surface area contributed by atoms with Gasteiger partial charge in [-0.25, -0.2) is 4.79 Å². The van der Waals surface area contributed by atoms with Crippen LogP contribution in [0.15, 0.2) is 48.5 Å². The van der Waals surface area contributed by atoms with E-state index in [1.54, 1.807) is 42.5 Å². The van der Waals surface area contributed by atoms with E-state index in [1.807, 2.05) is 0 Å². The molecule has 2 N–H and O–H groups in total. The van der Waals surface area contributed by atoms with Crippen molar-refractivity contribution in [2.45, 2.75) is 19.4 Å². The van der Waals surface area contributed by atoms with Gasteiger partial charge in [0.15, 0.2) is 0 Å². The number of aromatic carboxylic acids is 1. The van der Waals surface area contributed by atoms with Crippen LogP contribution in [-0.2, 0) is 11.3 Å². The zero-order valence-corrected chi connectivity index (χ0v) is 13.8. The van der Waals surface area contributed by atoms with Crippen molar-refractivity contribution in [1.82, 2.24) is 5.32 Å². The van der Waals surface area contributed by atoms with Crippen molar-refractivity contribution in [3.05, 3.63) is 64.7 Å². The lowest BCUT2D eigenvalue weighted by Crippen LogP contribution is -2.23. The molecule has 0 unspecified atom stereocenters. The highest BCUT2D eigenvalue weighted by atomic mass is 35.5. The molecule has 0 spiro atoms. The second-order valence-electron chi connectivity index (χ2n) is 5.19. The van der Waals surface area contributed by atoms with Gasteiger partial charge in [-0.15, -0.1) is 0 Å². The Kier molecular flexibility index (Phi) is 6.63. The van der Waals surface area contributed by atoms with Gasteiger partial charge in [-0.1, -0.05) is 23.7 Å². The number of hydrogen-bond acceptors (Lipinski definition) is 3. The quantitative estimate of drug-likeness (QED) is 0.716. The number of benzene rings is 2. The number of halogens is 1. The zero-order chi connectivity index (χ0) is 17.4. The Labute approximate surface area is 145 Å². The molecule has 0 aromatic heterocycles. The molecule has 24 heavy (non-hydrogen) atoms. The minimum atomic E-state index is -0.984. The summed E-state index contributed by atoms with van der Waals surface area (Å²) in [6, 6.07) is 13.5. The Hall–Kier alpha value is -2.53. The lowest BCUT2D eigenvalue weighted by atomic mass is 10.1. The lowest BCUT2D eigenvalue weighted by molar-refractivity contribution is -0.121. The predicted molar refractivity (Wildman–Crippen MR) is 91.4 cm³/mol. The van der Waals surface area contributed by atoms with Crippen molar-refractivity contribution in [3.63, 3.8) is 0 Å². The number of ether oxygens (including phenoxy) is 1. The van der Waals surface area contributed by atoms with Gasteiger partial charge in [0.1, 0.15) is 5.75 Å². The highest BCUT2D eigenvalue weighted by Gasteiger charge is 2.05. The van der Waals surface area contributed by atoms with Gasteiger partial charge in [0.25, 0.3) is 0 Å². The predicted octanol–water partition coefficient (Wildman–Crippen LogP) is 3.51. The van der Waals surface area contributed by atoms with Gasteiger partial charge in [0, 0.05) is 18.0 Å². The Balaban J connectivity index is 1.67. The van der Waals surface area contributed by atoms with Crippen LogP contribution in [0.1, 0.15) is 28.8 Å². The molecule has 0 bridgehead atoms. The summed E-state index contributed by atoms with van der Waals surface area (Å²) in [5.74, 6) is -0.372. The van der Waals surface area contributed by atoms with Gasteiger partial charge >= 0.3 is 5.97 Å². The van der Waals surface area contributed by atoms with Gasteiger partial charge in [-0.3, -0.25) is 4.79 Å². The summed E-state index contributed by atoms with van der Waals surface area (Å²) in [7, 11) is 0. The lowest BCUT2D eigenvalue weighted by Gasteiger charge is -2.08. The fourth-order valence-electron chi connectivity index (χ4n) is 2.06. The number of hydrogen-bond donors (Lipinski definition) is 2. The first-order valence-electron chi connectivity index (χ1n) is 7.52. The second kappa shape index (κ2) is 8.93. The van der Waals surface area contributed by atoms with Crippen LogP contribution in [0.5, 0.6) is 5.75 Å². The van der Waals surface area contributed by atoms with E-state index in [4.69, 9.17) is 21.4 Å². The topological polar surface area (TPSA) is 75.6 Å². The third-order valence-electron chi connectivity index (χ3n) is 3.29. The summed E-state index contributed by atoms with van der Waals surface area (Å²) in [4.78, 5) is 22.7. The Morgan fingerprint density at radius 2 is 1.88 bits per heavy atom. The molecule has 1 amide bonds. The maximum atomic E-state index is 11.8. The van der Waals surface area contributed by atoms with Gasteiger partial charge in [-0.2, -0.15) is 0 Å². The van der Waals surface area contributed by atoms with Crippen LogP contribution in [0.4, 0.5) is 0 Å². The zero-order valence-electron chi connectivity index (χ0n) is 13.0. The molecule has 2 aromatic rings. The molecule has 0 aliphatic carbocycles. The fraction of sp³-hybridized carbons (Fsp3) is 0.222. The van der Waals surface area contributed by atoms with E-state index in [-0.39, 0.29) is 11.5 Å². The van der Waals surface area contributed by atoms with E-state index in [2.05, 4.69) is 5.32 Å². The Bertz CT molecular complexity index is 700. The summed E-state index contributed by atoms with van der Waals surface area (Å²) in [5, 5.41) is 12.3. The van der Waals surface area contributed by atoms with Crippen LogP contribution < -0.4 is 10.1 Å². The van der Waals surface area contributed by atoms with Crippen molar-refractivity contribution in [3.8, 4) is 5.75 Å². The van der Waals surface area contributed by atoms with E-state index in [1.165, 1.54) is 6.07 Å². The van der Waals surface area contributed by atoms with Crippen molar-refractivity contribution in [1.29, 1.82) is 0 Å². The monoisotopic (exact) mass is 347 g/mol. The minimum Gasteiger partial charge on any atom is -0.494 e. The number of carbonyl (C=O) groups is 2. The third kappa shape index (κ3) is 5.93. The van der Waals surface area contributed by atoms with Crippen molar-refractivity contribution in [2.24, 2.45) is 0 Å². The summed E-state index contributed by atoms with van der Waals surface area (Å²) in [6.45, 7) is 0.738. The molecule has 2 rings (SSSR count). The van der Waals surface area contributed by atoms with Crippen LogP contribution in [0.3, 0.4) is 0 Å². The molecule has 0 heterocycles. The van der Waals surface area contributed by atoms with E-state index in [0.29, 0.717) is 36.8 Å². The molecule has 126 valence electrons. The highest BCUT2D eigenvalue weighted by Crippen LogP contribution is 2.15.